The van der Waals surface area contributed by atoms with Crippen LogP contribution in [-0.4, -0.2) is 21.1 Å². The van der Waals surface area contributed by atoms with Crippen molar-refractivity contribution in [3.8, 4) is 11.5 Å². The largest absolute Gasteiger partial charge is 0.449 e. The zero-order chi connectivity index (χ0) is 20.1. The van der Waals surface area contributed by atoms with Gasteiger partial charge in [-0.1, -0.05) is 12.1 Å². The highest BCUT2D eigenvalue weighted by atomic mass is 19.1. The Labute approximate surface area is 158 Å². The first-order chi connectivity index (χ1) is 13.4. The van der Waals surface area contributed by atoms with Gasteiger partial charge < -0.3 is 9.15 Å². The topological polar surface area (TPSA) is 108 Å². The molecule has 0 amide bonds. The maximum Gasteiger partial charge on any atom is 0.331 e. The zero-order valence-electron chi connectivity index (χ0n) is 14.6. The van der Waals surface area contributed by atoms with Crippen LogP contribution in [0.5, 0.6) is 0 Å². The molecule has 2 aromatic carbocycles. The van der Waals surface area contributed by atoms with Gasteiger partial charge in [0.15, 0.2) is 6.10 Å². The third-order valence-electron chi connectivity index (χ3n) is 3.67. The molecule has 0 fully saturated rings. The Balaban J connectivity index is 1.63. The van der Waals surface area contributed by atoms with Gasteiger partial charge in [0.2, 0.25) is 5.89 Å². The molecule has 0 spiro atoms. The fourth-order valence-corrected chi connectivity index (χ4v) is 2.28. The van der Waals surface area contributed by atoms with Crippen molar-refractivity contribution < 1.29 is 23.3 Å². The number of non-ortho nitro benzene ring substituents is 1. The van der Waals surface area contributed by atoms with Gasteiger partial charge in [0.05, 0.1) is 4.92 Å². The molecule has 0 N–H and O–H groups in total. The van der Waals surface area contributed by atoms with E-state index in [9.17, 15) is 19.3 Å². The number of ether oxygens (including phenoxy) is 1. The van der Waals surface area contributed by atoms with E-state index in [-0.39, 0.29) is 23.3 Å². The molecule has 0 saturated carbocycles. The number of esters is 1. The number of carbonyl (C=O) groups is 1. The molecule has 142 valence electrons. The van der Waals surface area contributed by atoms with Crippen LogP contribution in [0, 0.1) is 15.9 Å². The average molecular weight is 383 g/mol. The molecule has 1 aromatic heterocycles. The summed E-state index contributed by atoms with van der Waals surface area (Å²) < 4.78 is 23.6. The van der Waals surface area contributed by atoms with Crippen molar-refractivity contribution in [2.75, 3.05) is 0 Å². The van der Waals surface area contributed by atoms with Crippen molar-refractivity contribution in [2.45, 2.75) is 13.0 Å². The number of benzene rings is 2. The van der Waals surface area contributed by atoms with Crippen LogP contribution in [0.15, 0.2) is 59.0 Å². The van der Waals surface area contributed by atoms with E-state index in [1.165, 1.54) is 48.5 Å². The Hall–Kier alpha value is -3.88. The third kappa shape index (κ3) is 4.64. The van der Waals surface area contributed by atoms with Gasteiger partial charge in [-0.3, -0.25) is 10.1 Å². The van der Waals surface area contributed by atoms with Crippen LogP contribution in [0.3, 0.4) is 0 Å². The standard InChI is InChI=1S/C19H14FN3O5/c1-12(18-21-22-19(28-18)14-6-8-15(20)9-7-14)27-17(24)10-5-13-3-2-4-16(11-13)23(25)26/h2-12H,1H3/b10-5+/t12-/m1/s1. The zero-order valence-corrected chi connectivity index (χ0v) is 14.6. The second kappa shape index (κ2) is 8.21. The van der Waals surface area contributed by atoms with E-state index >= 15 is 0 Å². The highest BCUT2D eigenvalue weighted by molar-refractivity contribution is 5.87. The molecule has 9 heteroatoms. The van der Waals surface area contributed by atoms with E-state index in [0.29, 0.717) is 11.1 Å². The maximum atomic E-state index is 13.0. The highest BCUT2D eigenvalue weighted by Gasteiger charge is 2.18. The van der Waals surface area contributed by atoms with Crippen molar-refractivity contribution in [1.29, 1.82) is 0 Å². The van der Waals surface area contributed by atoms with Crippen LogP contribution in [0.25, 0.3) is 17.5 Å². The van der Waals surface area contributed by atoms with Gasteiger partial charge in [-0.15, -0.1) is 10.2 Å². The first-order valence-corrected chi connectivity index (χ1v) is 8.15. The molecule has 1 atom stereocenters. The van der Waals surface area contributed by atoms with Crippen molar-refractivity contribution in [3.05, 3.63) is 82.0 Å². The monoisotopic (exact) mass is 383 g/mol. The Bertz CT molecular complexity index is 1030. The van der Waals surface area contributed by atoms with Gasteiger partial charge in [0, 0.05) is 23.8 Å². The second-order valence-electron chi connectivity index (χ2n) is 5.72. The SMILES string of the molecule is C[C@@H](OC(=O)/C=C/c1cccc([N+](=O)[O-])c1)c1nnc(-c2ccc(F)cc2)o1. The fraction of sp³-hybridized carbons (Fsp3) is 0.105. The summed E-state index contributed by atoms with van der Waals surface area (Å²) in [6.45, 7) is 1.56. The summed E-state index contributed by atoms with van der Waals surface area (Å²) in [4.78, 5) is 22.2. The molecule has 0 saturated heterocycles. The Morgan fingerprint density at radius 3 is 2.71 bits per heavy atom. The third-order valence-corrected chi connectivity index (χ3v) is 3.67. The summed E-state index contributed by atoms with van der Waals surface area (Å²) in [5.41, 5.74) is 0.933. The summed E-state index contributed by atoms with van der Waals surface area (Å²) in [5, 5.41) is 18.4. The quantitative estimate of drug-likeness (QED) is 0.273. The highest BCUT2D eigenvalue weighted by Crippen LogP contribution is 2.23. The number of halogens is 1. The molecule has 0 bridgehead atoms. The summed E-state index contributed by atoms with van der Waals surface area (Å²) in [6, 6.07) is 11.3. The fourth-order valence-electron chi connectivity index (χ4n) is 2.28. The summed E-state index contributed by atoms with van der Waals surface area (Å²) in [5.74, 6) is -0.816. The molecule has 0 unspecified atom stereocenters. The van der Waals surface area contributed by atoms with E-state index in [0.717, 1.165) is 6.08 Å². The molecule has 28 heavy (non-hydrogen) atoms. The second-order valence-corrected chi connectivity index (χ2v) is 5.72. The van der Waals surface area contributed by atoms with Gasteiger partial charge in [-0.2, -0.15) is 0 Å². The van der Waals surface area contributed by atoms with Gasteiger partial charge in [0.25, 0.3) is 11.6 Å². The molecule has 0 aliphatic carbocycles. The minimum atomic E-state index is -0.816. The van der Waals surface area contributed by atoms with Crippen LogP contribution in [0.1, 0.15) is 24.5 Å². The summed E-state index contributed by atoms with van der Waals surface area (Å²) in [6.07, 6.45) is 1.73. The minimum absolute atomic E-state index is 0.0800. The summed E-state index contributed by atoms with van der Waals surface area (Å²) >= 11 is 0. The Kier molecular flexibility index (Phi) is 5.54. The first kappa shape index (κ1) is 18.9. The molecular weight excluding hydrogens is 369 g/mol. The molecule has 3 aromatic rings. The van der Waals surface area contributed by atoms with Crippen LogP contribution in [-0.2, 0) is 9.53 Å². The number of carbonyl (C=O) groups excluding carboxylic acids is 1. The van der Waals surface area contributed by atoms with Gasteiger partial charge in [-0.05, 0) is 42.8 Å². The first-order valence-electron chi connectivity index (χ1n) is 8.15. The van der Waals surface area contributed by atoms with E-state index in [1.807, 2.05) is 0 Å². The van der Waals surface area contributed by atoms with Gasteiger partial charge in [-0.25, -0.2) is 9.18 Å². The minimum Gasteiger partial charge on any atom is -0.449 e. The van der Waals surface area contributed by atoms with Gasteiger partial charge in [0.1, 0.15) is 5.82 Å². The number of hydrogen-bond acceptors (Lipinski definition) is 7. The van der Waals surface area contributed by atoms with Crippen molar-refractivity contribution >= 4 is 17.7 Å². The van der Waals surface area contributed by atoms with E-state index < -0.39 is 17.0 Å². The van der Waals surface area contributed by atoms with Crippen LogP contribution in [0.2, 0.25) is 0 Å². The Morgan fingerprint density at radius 2 is 2.00 bits per heavy atom. The number of hydrogen-bond donors (Lipinski definition) is 0. The summed E-state index contributed by atoms with van der Waals surface area (Å²) in [7, 11) is 0. The van der Waals surface area contributed by atoms with E-state index in [4.69, 9.17) is 9.15 Å². The van der Waals surface area contributed by atoms with Crippen molar-refractivity contribution in [1.82, 2.24) is 10.2 Å². The average Bonchev–Trinajstić information content (AvgIpc) is 3.17. The number of nitro groups is 1. The number of rotatable bonds is 6. The number of nitro benzene ring substituents is 1. The van der Waals surface area contributed by atoms with Crippen molar-refractivity contribution in [3.63, 3.8) is 0 Å². The van der Waals surface area contributed by atoms with Gasteiger partial charge >= 0.3 is 5.97 Å². The molecule has 8 nitrogen and oxygen atoms in total. The lowest BCUT2D eigenvalue weighted by Gasteiger charge is -2.06. The smallest absolute Gasteiger partial charge is 0.331 e. The number of aromatic nitrogens is 2. The molecule has 0 aliphatic heterocycles. The predicted molar refractivity (Wildman–Crippen MR) is 96.3 cm³/mol. The van der Waals surface area contributed by atoms with E-state index in [1.54, 1.807) is 13.0 Å². The lowest BCUT2D eigenvalue weighted by atomic mass is 10.2. The molecule has 1 heterocycles. The molecular formula is C19H14FN3O5. The predicted octanol–water partition coefficient (Wildman–Crippen LogP) is 4.10. The normalized spacial score (nSPS) is 12.1. The lowest BCUT2D eigenvalue weighted by Crippen LogP contribution is -2.06. The van der Waals surface area contributed by atoms with Crippen LogP contribution >= 0.6 is 0 Å². The molecule has 0 aliphatic rings. The van der Waals surface area contributed by atoms with Crippen LogP contribution < -0.4 is 0 Å². The lowest BCUT2D eigenvalue weighted by molar-refractivity contribution is -0.384. The van der Waals surface area contributed by atoms with E-state index in [2.05, 4.69) is 10.2 Å². The Morgan fingerprint density at radius 1 is 1.25 bits per heavy atom. The number of nitrogens with zero attached hydrogens (tertiary/aromatic N) is 3. The molecule has 0 radical (unpaired) electrons. The van der Waals surface area contributed by atoms with Crippen molar-refractivity contribution in [2.24, 2.45) is 0 Å². The maximum absolute atomic E-state index is 13.0. The molecule has 3 rings (SSSR count). The van der Waals surface area contributed by atoms with Crippen LogP contribution in [0.4, 0.5) is 10.1 Å².